The van der Waals surface area contributed by atoms with Crippen molar-refractivity contribution in [2.24, 2.45) is 17.6 Å². The number of ketones is 1. The minimum absolute atomic E-state index is 0.0456. The molecule has 2 heterocycles. The lowest BCUT2D eigenvalue weighted by Gasteiger charge is -2.46. The molecule has 1 fully saturated rings. The standard InChI is InChI=1S/C29H30N2O7/c1-14-23-15(10-16-12-21(33)25(28(30)36)27(35)29(16,37)26(23)34)11-19-18(5-6-20(32)24(14)19)22-7-4-17(38-22)13-31-8-2-3-9-31/h4-7,15-16,32-34,37H,1-3,8-13H2,(H2,30,36)/t15?,16-,29-/m0/s1. The molecule has 0 bridgehead atoms. The number of carbonyl (C=O) groups excluding carboxylic acids is 2. The van der Waals surface area contributed by atoms with Crippen LogP contribution in [0, 0.1) is 11.8 Å². The number of primary amides is 1. The van der Waals surface area contributed by atoms with Crippen molar-refractivity contribution in [3.8, 4) is 17.1 Å². The maximum absolute atomic E-state index is 13.1. The summed E-state index contributed by atoms with van der Waals surface area (Å²) in [7, 11) is 0. The van der Waals surface area contributed by atoms with Crippen molar-refractivity contribution in [1.82, 2.24) is 4.90 Å². The molecule has 1 amide bonds. The quantitative estimate of drug-likeness (QED) is 0.386. The number of aromatic hydroxyl groups is 1. The van der Waals surface area contributed by atoms with Gasteiger partial charge in [0, 0.05) is 29.0 Å². The van der Waals surface area contributed by atoms with Gasteiger partial charge in [0.15, 0.2) is 5.60 Å². The van der Waals surface area contributed by atoms with Gasteiger partial charge in [0.1, 0.15) is 34.4 Å². The number of phenolic OH excluding ortho intramolecular Hbond substituents is 1. The van der Waals surface area contributed by atoms with Gasteiger partial charge in [-0.05, 0) is 80.1 Å². The van der Waals surface area contributed by atoms with Gasteiger partial charge in [0.05, 0.1) is 6.54 Å². The van der Waals surface area contributed by atoms with E-state index in [9.17, 15) is 30.0 Å². The highest BCUT2D eigenvalue weighted by Crippen LogP contribution is 2.55. The molecule has 9 heteroatoms. The summed E-state index contributed by atoms with van der Waals surface area (Å²) in [4.78, 5) is 27.3. The van der Waals surface area contributed by atoms with Gasteiger partial charge in [-0.1, -0.05) is 6.58 Å². The molecule has 1 unspecified atom stereocenters. The Balaban J connectivity index is 1.41. The van der Waals surface area contributed by atoms with E-state index in [1.165, 1.54) is 18.9 Å². The Labute approximate surface area is 219 Å². The molecule has 6 N–H and O–H groups in total. The predicted molar refractivity (Wildman–Crippen MR) is 138 cm³/mol. The molecule has 3 aliphatic carbocycles. The summed E-state index contributed by atoms with van der Waals surface area (Å²) in [6.07, 6.45) is 2.81. The van der Waals surface area contributed by atoms with Crippen LogP contribution in [0.15, 0.2) is 57.9 Å². The first-order chi connectivity index (χ1) is 18.1. The number of phenols is 1. The number of furan rings is 1. The van der Waals surface area contributed by atoms with E-state index in [4.69, 9.17) is 10.2 Å². The van der Waals surface area contributed by atoms with E-state index in [1.54, 1.807) is 6.07 Å². The van der Waals surface area contributed by atoms with E-state index >= 15 is 0 Å². The number of amides is 1. The van der Waals surface area contributed by atoms with Gasteiger partial charge in [-0.3, -0.25) is 14.5 Å². The number of nitrogens with zero attached hydrogens (tertiary/aromatic N) is 1. The molecule has 9 nitrogen and oxygen atoms in total. The predicted octanol–water partition coefficient (Wildman–Crippen LogP) is 3.27. The minimum atomic E-state index is -2.42. The summed E-state index contributed by atoms with van der Waals surface area (Å²) < 4.78 is 6.21. The van der Waals surface area contributed by atoms with Crippen LogP contribution in [0.1, 0.15) is 42.6 Å². The number of benzene rings is 1. The molecule has 2 aromatic rings. The number of likely N-dealkylation sites (tertiary alicyclic amines) is 1. The molecule has 38 heavy (non-hydrogen) atoms. The maximum atomic E-state index is 13.1. The Hall–Kier alpha value is -3.82. The van der Waals surface area contributed by atoms with Crippen LogP contribution in [0.3, 0.4) is 0 Å². The van der Waals surface area contributed by atoms with E-state index in [0.29, 0.717) is 17.7 Å². The van der Waals surface area contributed by atoms with Crippen LogP contribution >= 0.6 is 0 Å². The fourth-order valence-corrected chi connectivity index (χ4v) is 6.80. The number of allylic oxidation sites excluding steroid dienone is 3. The number of aliphatic hydroxyl groups excluding tert-OH is 2. The van der Waals surface area contributed by atoms with Crippen molar-refractivity contribution in [2.75, 3.05) is 13.1 Å². The Morgan fingerprint density at radius 3 is 2.58 bits per heavy atom. The number of carbonyl (C=O) groups is 2. The first-order valence-electron chi connectivity index (χ1n) is 12.9. The largest absolute Gasteiger partial charge is 0.511 e. The molecule has 0 spiro atoms. The summed E-state index contributed by atoms with van der Waals surface area (Å²) in [6, 6.07) is 7.21. The molecule has 0 saturated carbocycles. The van der Waals surface area contributed by atoms with Gasteiger partial charge in [0.2, 0.25) is 5.78 Å². The number of fused-ring (bicyclic) bond motifs is 3. The fraction of sp³-hybridized carbons (Fsp3) is 0.379. The van der Waals surface area contributed by atoms with Crippen molar-refractivity contribution in [3.05, 3.63) is 70.4 Å². The third kappa shape index (κ3) is 3.45. The van der Waals surface area contributed by atoms with Gasteiger partial charge in [0.25, 0.3) is 5.91 Å². The highest BCUT2D eigenvalue weighted by atomic mass is 16.4. The highest BCUT2D eigenvalue weighted by Gasteiger charge is 2.59. The molecule has 1 aromatic carbocycles. The van der Waals surface area contributed by atoms with Gasteiger partial charge < -0.3 is 30.6 Å². The maximum Gasteiger partial charge on any atom is 0.255 e. The normalized spacial score (nSPS) is 27.4. The zero-order chi connectivity index (χ0) is 26.9. The fourth-order valence-electron chi connectivity index (χ4n) is 6.80. The second-order valence-corrected chi connectivity index (χ2v) is 10.8. The van der Waals surface area contributed by atoms with Gasteiger partial charge in [-0.2, -0.15) is 0 Å². The molecule has 198 valence electrons. The minimum Gasteiger partial charge on any atom is -0.511 e. The number of hydrogen-bond donors (Lipinski definition) is 5. The molecule has 0 radical (unpaired) electrons. The molecule has 3 atom stereocenters. The van der Waals surface area contributed by atoms with Crippen molar-refractivity contribution >= 4 is 17.3 Å². The molecule has 4 aliphatic rings. The second-order valence-electron chi connectivity index (χ2n) is 10.8. The van der Waals surface area contributed by atoms with E-state index in [2.05, 4.69) is 11.5 Å². The van der Waals surface area contributed by atoms with E-state index in [-0.39, 0.29) is 35.7 Å². The molecule has 1 aliphatic heterocycles. The monoisotopic (exact) mass is 518 g/mol. The molecular formula is C29H30N2O7. The first-order valence-corrected chi connectivity index (χ1v) is 12.9. The van der Waals surface area contributed by atoms with Gasteiger partial charge in [-0.25, -0.2) is 0 Å². The van der Waals surface area contributed by atoms with Crippen LogP contribution in [-0.2, 0) is 22.6 Å². The lowest BCUT2D eigenvalue weighted by Crippen LogP contribution is -2.56. The third-order valence-corrected chi connectivity index (χ3v) is 8.61. The Morgan fingerprint density at radius 1 is 1.13 bits per heavy atom. The summed E-state index contributed by atoms with van der Waals surface area (Å²) in [6.45, 7) is 6.96. The summed E-state index contributed by atoms with van der Waals surface area (Å²) in [5.74, 6) is -3.13. The SMILES string of the molecule is C=C1C2=C(O)[C@]3(O)C(=O)C(C(N)=O)=C(O)C[C@@H]3CC2Cc2c(-c3ccc(CN4CCCC4)o3)ccc(O)c21. The van der Waals surface area contributed by atoms with E-state index in [1.807, 2.05) is 12.1 Å². The van der Waals surface area contributed by atoms with Crippen LogP contribution in [0.2, 0.25) is 0 Å². The number of rotatable bonds is 4. The second kappa shape index (κ2) is 8.61. The zero-order valence-corrected chi connectivity index (χ0v) is 20.9. The number of aliphatic hydroxyl groups is 3. The Morgan fingerprint density at radius 2 is 1.87 bits per heavy atom. The van der Waals surface area contributed by atoms with Crippen LogP contribution in [-0.4, -0.2) is 55.7 Å². The first kappa shape index (κ1) is 24.5. The molecule has 6 rings (SSSR count). The molecular weight excluding hydrogens is 488 g/mol. The number of hydrogen-bond acceptors (Lipinski definition) is 8. The van der Waals surface area contributed by atoms with Crippen LogP contribution in [0.25, 0.3) is 16.9 Å². The summed E-state index contributed by atoms with van der Waals surface area (Å²) in [5.41, 5.74) is 4.72. The van der Waals surface area contributed by atoms with Gasteiger partial charge in [-0.15, -0.1) is 0 Å². The topological polar surface area (TPSA) is 157 Å². The lowest BCUT2D eigenvalue weighted by molar-refractivity contribution is -0.144. The smallest absolute Gasteiger partial charge is 0.255 e. The van der Waals surface area contributed by atoms with Crippen molar-refractivity contribution in [3.63, 3.8) is 0 Å². The molecule has 1 aromatic heterocycles. The lowest BCUT2D eigenvalue weighted by atomic mass is 9.59. The number of Topliss-reactive ketones (excluding diaryl/α,β-unsaturated/α-hetero) is 1. The highest BCUT2D eigenvalue weighted by molar-refractivity contribution is 6.23. The summed E-state index contributed by atoms with van der Waals surface area (Å²) >= 11 is 0. The Kier molecular flexibility index (Phi) is 5.55. The summed E-state index contributed by atoms with van der Waals surface area (Å²) in [5, 5.41) is 44.0. The van der Waals surface area contributed by atoms with Crippen LogP contribution in [0.4, 0.5) is 0 Å². The van der Waals surface area contributed by atoms with Gasteiger partial charge >= 0.3 is 0 Å². The third-order valence-electron chi connectivity index (χ3n) is 8.61. The van der Waals surface area contributed by atoms with Crippen LogP contribution in [0.5, 0.6) is 5.75 Å². The van der Waals surface area contributed by atoms with Crippen LogP contribution < -0.4 is 5.73 Å². The van der Waals surface area contributed by atoms with E-state index < -0.39 is 40.3 Å². The average molecular weight is 519 g/mol. The van der Waals surface area contributed by atoms with E-state index in [0.717, 1.165) is 36.5 Å². The molecule has 1 saturated heterocycles. The number of nitrogens with two attached hydrogens (primary N) is 1. The average Bonchev–Trinajstić information content (AvgIpc) is 3.54. The van der Waals surface area contributed by atoms with Crippen molar-refractivity contribution in [1.29, 1.82) is 0 Å². The Bertz CT molecular complexity index is 1460. The van der Waals surface area contributed by atoms with Crippen molar-refractivity contribution in [2.45, 2.75) is 44.2 Å². The zero-order valence-electron chi connectivity index (χ0n) is 20.9. The van der Waals surface area contributed by atoms with Crippen molar-refractivity contribution < 1.29 is 34.4 Å².